The molecule has 0 N–H and O–H groups in total. The van der Waals surface area contributed by atoms with E-state index in [4.69, 9.17) is 4.74 Å². The Morgan fingerprint density at radius 1 is 0.842 bits per heavy atom. The fraction of sp³-hybridized carbons (Fsp3) is 0.500. The lowest BCUT2D eigenvalue weighted by Crippen LogP contribution is -2.51. The number of ether oxygens (including phenoxy) is 1. The Kier molecular flexibility index (Phi) is 5.96. The molecule has 0 radical (unpaired) electrons. The molecule has 38 heavy (non-hydrogen) atoms. The second kappa shape index (κ2) is 7.97. The Bertz CT molecular complexity index is 1640. The van der Waals surface area contributed by atoms with Crippen LogP contribution in [0.15, 0.2) is 34.1 Å². The molecule has 0 saturated heterocycles. The van der Waals surface area contributed by atoms with E-state index >= 15 is 4.39 Å². The van der Waals surface area contributed by atoms with Gasteiger partial charge in [0, 0.05) is 16.4 Å². The summed E-state index contributed by atoms with van der Waals surface area (Å²) < 4.78 is 75.6. The minimum atomic E-state index is -4.87. The number of carbonyl (C=O) groups excluding carboxylic acids is 2. The van der Waals surface area contributed by atoms with Crippen LogP contribution in [0.25, 0.3) is 0 Å². The summed E-state index contributed by atoms with van der Waals surface area (Å²) in [6, 6.07) is 4.89. The molecule has 7 nitrogen and oxygen atoms in total. The number of halogens is 1. The number of fused-ring (bicyclic) bond motifs is 2. The van der Waals surface area contributed by atoms with Gasteiger partial charge < -0.3 is 4.74 Å². The van der Waals surface area contributed by atoms with Gasteiger partial charge in [0.15, 0.2) is 9.84 Å². The Morgan fingerprint density at radius 2 is 1.34 bits per heavy atom. The van der Waals surface area contributed by atoms with Crippen LogP contribution in [0.5, 0.6) is 0 Å². The lowest BCUT2D eigenvalue weighted by atomic mass is 9.73. The molecule has 0 aliphatic carbocycles. The van der Waals surface area contributed by atoms with Crippen molar-refractivity contribution in [3.8, 4) is 0 Å². The van der Waals surface area contributed by atoms with Gasteiger partial charge in [0.1, 0.15) is 5.60 Å². The van der Waals surface area contributed by atoms with Crippen molar-refractivity contribution in [1.82, 2.24) is 0 Å². The van der Waals surface area contributed by atoms with E-state index in [1.807, 2.05) is 0 Å². The number of Topliss-reactive ketones (excluding diaryl/α,β-unsaturated/α-hetero) is 1. The van der Waals surface area contributed by atoms with E-state index in [0.29, 0.717) is 5.56 Å². The topological polar surface area (TPSA) is 112 Å². The molecule has 0 saturated carbocycles. The minimum Gasteiger partial charge on any atom is -0.456 e. The number of hydrogen-bond acceptors (Lipinski definition) is 7. The standard InChI is InChI=1S/C28H33FO7S2/c1-15-17(10-12-19-21(15)26(6,7)14-37(19,32)33)23(30)28(29)27(8,9)22-16(2)18(24(31)36-25(3,4)5)11-13-20(22)38(28,34)35/h10-13H,14H2,1-9H3. The van der Waals surface area contributed by atoms with Gasteiger partial charge in [-0.15, -0.1) is 0 Å². The number of ketones is 1. The first-order valence-corrected chi connectivity index (χ1v) is 15.4. The molecule has 2 aliphatic rings. The van der Waals surface area contributed by atoms with Crippen LogP contribution in [0, 0.1) is 13.8 Å². The lowest BCUT2D eigenvalue weighted by molar-refractivity contribution is 0.00682. The van der Waals surface area contributed by atoms with Crippen molar-refractivity contribution in [3.63, 3.8) is 0 Å². The molecular weight excluding hydrogens is 531 g/mol. The van der Waals surface area contributed by atoms with E-state index in [9.17, 15) is 26.4 Å². The van der Waals surface area contributed by atoms with Gasteiger partial charge in [0.05, 0.1) is 21.1 Å². The lowest BCUT2D eigenvalue weighted by Gasteiger charge is -2.33. The van der Waals surface area contributed by atoms with E-state index in [-0.39, 0.29) is 43.4 Å². The summed E-state index contributed by atoms with van der Waals surface area (Å²) >= 11 is 0. The zero-order valence-corrected chi connectivity index (χ0v) is 24.7. The van der Waals surface area contributed by atoms with Crippen LogP contribution < -0.4 is 0 Å². The third kappa shape index (κ3) is 3.62. The summed E-state index contributed by atoms with van der Waals surface area (Å²) in [7, 11) is -8.47. The van der Waals surface area contributed by atoms with Crippen molar-refractivity contribution in [1.29, 1.82) is 0 Å². The average molecular weight is 565 g/mol. The largest absolute Gasteiger partial charge is 0.456 e. The molecule has 0 fully saturated rings. The number of alkyl halides is 1. The first-order valence-electron chi connectivity index (χ1n) is 12.2. The fourth-order valence-electron chi connectivity index (χ4n) is 6.13. The van der Waals surface area contributed by atoms with E-state index in [0.717, 1.165) is 6.07 Å². The van der Waals surface area contributed by atoms with E-state index in [1.54, 1.807) is 34.6 Å². The smallest absolute Gasteiger partial charge is 0.338 e. The maximum absolute atomic E-state index is 17.2. The quantitative estimate of drug-likeness (QED) is 0.384. The van der Waals surface area contributed by atoms with Gasteiger partial charge in [-0.1, -0.05) is 27.7 Å². The van der Waals surface area contributed by atoms with Gasteiger partial charge in [-0.2, -0.15) is 0 Å². The molecule has 4 rings (SSSR count). The third-order valence-corrected chi connectivity index (χ3v) is 12.1. The number of benzene rings is 2. The van der Waals surface area contributed by atoms with Crippen molar-refractivity contribution in [2.45, 2.75) is 93.5 Å². The molecule has 2 aliphatic heterocycles. The summed E-state index contributed by atoms with van der Waals surface area (Å²) in [5, 5.41) is -3.40. The third-order valence-electron chi connectivity index (χ3n) is 7.66. The average Bonchev–Trinajstić information content (AvgIpc) is 3.01. The Hall–Kier alpha value is -2.59. The highest BCUT2D eigenvalue weighted by Gasteiger charge is 2.69. The van der Waals surface area contributed by atoms with Crippen LogP contribution in [0.3, 0.4) is 0 Å². The van der Waals surface area contributed by atoms with Gasteiger partial charge in [0.25, 0.3) is 5.00 Å². The molecule has 1 unspecified atom stereocenters. The minimum absolute atomic E-state index is 0.0402. The second-order valence-corrected chi connectivity index (χ2v) is 16.4. The molecule has 0 aromatic heterocycles. The zero-order valence-electron chi connectivity index (χ0n) is 23.1. The van der Waals surface area contributed by atoms with Crippen LogP contribution in [0.1, 0.15) is 91.4 Å². The number of hydrogen-bond donors (Lipinski definition) is 0. The van der Waals surface area contributed by atoms with E-state index < -0.39 is 52.9 Å². The van der Waals surface area contributed by atoms with Crippen molar-refractivity contribution in [2.24, 2.45) is 0 Å². The number of sulfone groups is 2. The summed E-state index contributed by atoms with van der Waals surface area (Å²) in [6.45, 7) is 14.2. The van der Waals surface area contributed by atoms with Gasteiger partial charge >= 0.3 is 5.97 Å². The Labute approximate surface area is 223 Å². The summed E-state index contributed by atoms with van der Waals surface area (Å²) in [5.41, 5.74) is -2.75. The molecule has 0 bridgehead atoms. The first-order chi connectivity index (χ1) is 17.0. The van der Waals surface area contributed by atoms with Crippen molar-refractivity contribution in [2.75, 3.05) is 5.75 Å². The number of esters is 1. The predicted octanol–water partition coefficient (Wildman–Crippen LogP) is 4.94. The van der Waals surface area contributed by atoms with Crippen LogP contribution >= 0.6 is 0 Å². The predicted molar refractivity (Wildman–Crippen MR) is 141 cm³/mol. The molecule has 2 aromatic rings. The van der Waals surface area contributed by atoms with Gasteiger partial charge in [-0.05, 0) is 81.1 Å². The Balaban J connectivity index is 1.93. The molecule has 2 heterocycles. The molecule has 0 spiro atoms. The highest BCUT2D eigenvalue weighted by molar-refractivity contribution is 7.94. The van der Waals surface area contributed by atoms with Gasteiger partial charge in [-0.3, -0.25) is 4.79 Å². The van der Waals surface area contributed by atoms with E-state index in [1.165, 1.54) is 45.9 Å². The van der Waals surface area contributed by atoms with Gasteiger partial charge in [-0.25, -0.2) is 26.0 Å². The molecule has 206 valence electrons. The first kappa shape index (κ1) is 28.4. The highest BCUT2D eigenvalue weighted by Crippen LogP contribution is 2.56. The summed E-state index contributed by atoms with van der Waals surface area (Å²) in [6.07, 6.45) is 0. The fourth-order valence-corrected chi connectivity index (χ4v) is 10.7. The van der Waals surface area contributed by atoms with E-state index in [2.05, 4.69) is 0 Å². The van der Waals surface area contributed by atoms with Crippen LogP contribution in [0.4, 0.5) is 4.39 Å². The zero-order chi connectivity index (χ0) is 29.0. The van der Waals surface area contributed by atoms with Crippen molar-refractivity contribution in [3.05, 3.63) is 57.6 Å². The van der Waals surface area contributed by atoms with Crippen molar-refractivity contribution < 1.29 is 35.6 Å². The van der Waals surface area contributed by atoms with Crippen LogP contribution in [-0.2, 0) is 35.2 Å². The molecule has 0 amide bonds. The van der Waals surface area contributed by atoms with Gasteiger partial charge in [0.2, 0.25) is 15.6 Å². The molecular formula is C28H33FO7S2. The number of rotatable bonds is 3. The molecule has 2 aromatic carbocycles. The van der Waals surface area contributed by atoms with Crippen molar-refractivity contribution >= 4 is 31.4 Å². The molecule has 10 heteroatoms. The maximum atomic E-state index is 17.2. The van der Waals surface area contributed by atoms with Crippen LogP contribution in [0.2, 0.25) is 0 Å². The summed E-state index contributed by atoms with van der Waals surface area (Å²) in [4.78, 5) is 26.6. The molecule has 1 atom stereocenters. The maximum Gasteiger partial charge on any atom is 0.338 e. The second-order valence-electron chi connectivity index (χ2n) is 12.4. The summed E-state index contributed by atoms with van der Waals surface area (Å²) in [5.74, 6) is -2.12. The monoisotopic (exact) mass is 564 g/mol. The SMILES string of the molecule is Cc1c(C(=O)C2(F)C(C)(C)c3c(ccc(C(=O)OC(C)(C)C)c3C)S2(=O)=O)ccc2c1C(C)(C)CS2(=O)=O. The Morgan fingerprint density at radius 3 is 1.89 bits per heavy atom. The normalized spacial score (nSPS) is 23.9. The highest BCUT2D eigenvalue weighted by atomic mass is 32.2. The number of carbonyl (C=O) groups is 2. The van der Waals surface area contributed by atoms with Crippen LogP contribution in [-0.4, -0.2) is 44.9 Å².